The number of para-hydroxylation sites is 1. The molecular formula is C28H34N4O3. The molecule has 2 aromatic carbocycles. The highest BCUT2D eigenvalue weighted by molar-refractivity contribution is 5.97. The number of hydrogen-bond donors (Lipinski definition) is 2. The van der Waals surface area contributed by atoms with Gasteiger partial charge in [-0.2, -0.15) is 0 Å². The number of carboxylic acid groups (broad SMARTS) is 1. The molecule has 35 heavy (non-hydrogen) atoms. The lowest BCUT2D eigenvalue weighted by molar-refractivity contribution is 0.0698. The molecule has 7 nitrogen and oxygen atoms in total. The van der Waals surface area contributed by atoms with Crippen molar-refractivity contribution in [1.29, 1.82) is 0 Å². The molecule has 2 aliphatic rings. The van der Waals surface area contributed by atoms with Crippen molar-refractivity contribution in [1.82, 2.24) is 4.98 Å². The van der Waals surface area contributed by atoms with Crippen LogP contribution in [0.5, 0.6) is 0 Å². The van der Waals surface area contributed by atoms with E-state index in [1.54, 1.807) is 12.1 Å². The average molecular weight is 475 g/mol. The second-order valence-corrected chi connectivity index (χ2v) is 9.61. The molecule has 0 aliphatic carbocycles. The van der Waals surface area contributed by atoms with Gasteiger partial charge >= 0.3 is 5.97 Å². The minimum absolute atomic E-state index is 0.125. The van der Waals surface area contributed by atoms with Gasteiger partial charge in [0.2, 0.25) is 0 Å². The number of aromatic carboxylic acids is 1. The van der Waals surface area contributed by atoms with Gasteiger partial charge in [-0.15, -0.1) is 0 Å². The van der Waals surface area contributed by atoms with E-state index in [9.17, 15) is 9.90 Å². The number of carboxylic acids is 1. The maximum Gasteiger partial charge on any atom is 0.337 e. The molecule has 2 N–H and O–H groups in total. The molecule has 3 aromatic rings. The van der Waals surface area contributed by atoms with Gasteiger partial charge in [-0.3, -0.25) is 0 Å². The number of benzene rings is 2. The molecule has 0 amide bonds. The van der Waals surface area contributed by atoms with Gasteiger partial charge in [0.1, 0.15) is 5.82 Å². The van der Waals surface area contributed by atoms with E-state index in [0.717, 1.165) is 67.2 Å². The minimum Gasteiger partial charge on any atom is -0.478 e. The zero-order valence-corrected chi connectivity index (χ0v) is 20.6. The van der Waals surface area contributed by atoms with Crippen LogP contribution in [0.4, 0.5) is 17.2 Å². The lowest BCUT2D eigenvalue weighted by atomic mass is 9.98. The van der Waals surface area contributed by atoms with Crippen molar-refractivity contribution < 1.29 is 14.6 Å². The van der Waals surface area contributed by atoms with Crippen LogP contribution in [0.25, 0.3) is 10.9 Å². The number of anilines is 3. The molecule has 5 rings (SSSR count). The SMILES string of the molecule is Cc1cc(C(C)Nc2ccccc2C(=O)O)c2nc(N3CCCCC3)cc(N3CCOCC3)c2c1. The smallest absolute Gasteiger partial charge is 0.337 e. The summed E-state index contributed by atoms with van der Waals surface area (Å²) in [4.78, 5) is 21.8. The van der Waals surface area contributed by atoms with Crippen molar-refractivity contribution in [2.75, 3.05) is 54.5 Å². The second kappa shape index (κ2) is 10.1. The van der Waals surface area contributed by atoms with Gasteiger partial charge in [-0.05, 0) is 56.9 Å². The topological polar surface area (TPSA) is 77.9 Å². The van der Waals surface area contributed by atoms with E-state index in [1.165, 1.54) is 24.9 Å². The van der Waals surface area contributed by atoms with Crippen molar-refractivity contribution in [3.63, 3.8) is 0 Å². The summed E-state index contributed by atoms with van der Waals surface area (Å²) < 4.78 is 5.64. The Hall–Kier alpha value is -3.32. The van der Waals surface area contributed by atoms with E-state index in [0.29, 0.717) is 5.69 Å². The van der Waals surface area contributed by atoms with Crippen LogP contribution in [-0.2, 0) is 4.74 Å². The number of aryl methyl sites for hydroxylation is 1. The van der Waals surface area contributed by atoms with Crippen LogP contribution < -0.4 is 15.1 Å². The lowest BCUT2D eigenvalue weighted by Gasteiger charge is -2.33. The molecule has 1 unspecified atom stereocenters. The molecule has 0 spiro atoms. The predicted molar refractivity (Wildman–Crippen MR) is 141 cm³/mol. The fourth-order valence-corrected chi connectivity index (χ4v) is 5.26. The first-order valence-electron chi connectivity index (χ1n) is 12.6. The normalized spacial score (nSPS) is 17.4. The van der Waals surface area contributed by atoms with E-state index >= 15 is 0 Å². The van der Waals surface area contributed by atoms with E-state index < -0.39 is 5.97 Å². The summed E-state index contributed by atoms with van der Waals surface area (Å²) in [6, 6.07) is 13.6. The number of piperidine rings is 1. The highest BCUT2D eigenvalue weighted by atomic mass is 16.5. The summed E-state index contributed by atoms with van der Waals surface area (Å²) >= 11 is 0. The molecule has 7 heteroatoms. The molecule has 0 bridgehead atoms. The highest BCUT2D eigenvalue weighted by Crippen LogP contribution is 2.37. The quantitative estimate of drug-likeness (QED) is 0.506. The largest absolute Gasteiger partial charge is 0.478 e. The summed E-state index contributed by atoms with van der Waals surface area (Å²) in [6.45, 7) is 9.43. The Balaban J connectivity index is 1.62. The van der Waals surface area contributed by atoms with Crippen molar-refractivity contribution in [3.8, 4) is 0 Å². The molecular weight excluding hydrogens is 440 g/mol. The van der Waals surface area contributed by atoms with Gasteiger partial charge in [-0.25, -0.2) is 9.78 Å². The number of nitrogens with one attached hydrogen (secondary N) is 1. The highest BCUT2D eigenvalue weighted by Gasteiger charge is 2.23. The first-order chi connectivity index (χ1) is 17.0. The number of aromatic nitrogens is 1. The van der Waals surface area contributed by atoms with Crippen LogP contribution in [-0.4, -0.2) is 55.5 Å². The first-order valence-corrected chi connectivity index (χ1v) is 12.6. The van der Waals surface area contributed by atoms with Crippen molar-refractivity contribution in [2.45, 2.75) is 39.2 Å². The Morgan fingerprint density at radius 2 is 1.77 bits per heavy atom. The van der Waals surface area contributed by atoms with Gasteiger partial charge in [0.15, 0.2) is 0 Å². The molecule has 0 saturated carbocycles. The Morgan fingerprint density at radius 1 is 1.03 bits per heavy atom. The molecule has 0 radical (unpaired) electrons. The number of ether oxygens (including phenoxy) is 1. The summed E-state index contributed by atoms with van der Waals surface area (Å²) in [5.74, 6) is 0.0939. The third-order valence-corrected chi connectivity index (χ3v) is 7.08. The molecule has 2 fully saturated rings. The third kappa shape index (κ3) is 4.91. The van der Waals surface area contributed by atoms with Crippen molar-refractivity contribution in [3.05, 3.63) is 59.2 Å². The zero-order valence-electron chi connectivity index (χ0n) is 20.6. The van der Waals surface area contributed by atoms with Crippen LogP contribution >= 0.6 is 0 Å². The molecule has 2 aliphatic heterocycles. The first kappa shape index (κ1) is 23.4. The summed E-state index contributed by atoms with van der Waals surface area (Å²) in [5, 5.41) is 14.3. The number of rotatable bonds is 6. The average Bonchev–Trinajstić information content (AvgIpc) is 2.89. The number of nitrogens with zero attached hydrogens (tertiary/aromatic N) is 3. The minimum atomic E-state index is -0.936. The van der Waals surface area contributed by atoms with Gasteiger partial charge in [0.05, 0.1) is 36.0 Å². The summed E-state index contributed by atoms with van der Waals surface area (Å²) in [6.07, 6.45) is 3.66. The number of hydrogen-bond acceptors (Lipinski definition) is 6. The predicted octanol–water partition coefficient (Wildman–Crippen LogP) is 5.24. The van der Waals surface area contributed by atoms with Crippen molar-refractivity contribution >= 4 is 34.1 Å². The Bertz CT molecular complexity index is 1220. The van der Waals surface area contributed by atoms with Crippen molar-refractivity contribution in [2.24, 2.45) is 0 Å². The molecule has 3 heterocycles. The second-order valence-electron chi connectivity index (χ2n) is 9.61. The maximum atomic E-state index is 11.8. The summed E-state index contributed by atoms with van der Waals surface area (Å²) in [5.41, 5.74) is 5.31. The monoisotopic (exact) mass is 474 g/mol. The maximum absolute atomic E-state index is 11.8. The number of fused-ring (bicyclic) bond motifs is 1. The fourth-order valence-electron chi connectivity index (χ4n) is 5.26. The Morgan fingerprint density at radius 3 is 2.51 bits per heavy atom. The molecule has 1 aromatic heterocycles. The summed E-state index contributed by atoms with van der Waals surface area (Å²) in [7, 11) is 0. The van der Waals surface area contributed by atoms with Gasteiger partial charge in [-0.1, -0.05) is 18.2 Å². The van der Waals surface area contributed by atoms with E-state index in [4.69, 9.17) is 9.72 Å². The molecule has 184 valence electrons. The van der Waals surface area contributed by atoms with E-state index in [2.05, 4.69) is 47.2 Å². The Kier molecular flexibility index (Phi) is 6.77. The van der Waals surface area contributed by atoms with Crippen LogP contribution in [0.15, 0.2) is 42.5 Å². The fraction of sp³-hybridized carbons (Fsp3) is 0.429. The molecule has 2 saturated heterocycles. The standard InChI is InChI=1S/C28H34N4O3/c1-19-16-22(20(2)29-24-9-5-4-8-21(24)28(33)34)27-23(17-19)25(31-12-14-35-15-13-31)18-26(30-27)32-10-6-3-7-11-32/h4-5,8-9,16-18,20,29H,3,6-7,10-15H2,1-2H3,(H,33,34). The molecule has 1 atom stereocenters. The van der Waals surface area contributed by atoms with E-state index in [1.807, 2.05) is 12.1 Å². The van der Waals surface area contributed by atoms with Gasteiger partial charge < -0.3 is 25.0 Å². The number of carbonyl (C=O) groups is 1. The van der Waals surface area contributed by atoms with Gasteiger partial charge in [0, 0.05) is 48.9 Å². The Labute approximate surface area is 206 Å². The third-order valence-electron chi connectivity index (χ3n) is 7.08. The van der Waals surface area contributed by atoms with Crippen LogP contribution in [0.2, 0.25) is 0 Å². The zero-order chi connectivity index (χ0) is 24.4. The van der Waals surface area contributed by atoms with Crippen LogP contribution in [0.1, 0.15) is 53.7 Å². The number of pyridine rings is 1. The van der Waals surface area contributed by atoms with Crippen LogP contribution in [0.3, 0.4) is 0 Å². The van der Waals surface area contributed by atoms with E-state index in [-0.39, 0.29) is 11.6 Å². The van der Waals surface area contributed by atoms with Crippen LogP contribution in [0, 0.1) is 6.92 Å². The van der Waals surface area contributed by atoms with Gasteiger partial charge in [0.25, 0.3) is 0 Å². The lowest BCUT2D eigenvalue weighted by Crippen LogP contribution is -2.37. The number of morpholine rings is 1.